The Morgan fingerprint density at radius 3 is 2.52 bits per heavy atom. The van der Waals surface area contributed by atoms with Crippen molar-refractivity contribution in [3.05, 3.63) is 106 Å². The van der Waals surface area contributed by atoms with Crippen molar-refractivity contribution >= 4 is 35.1 Å². The number of halogens is 4. The van der Waals surface area contributed by atoms with Gasteiger partial charge in [0.2, 0.25) is 5.95 Å². The van der Waals surface area contributed by atoms with Gasteiger partial charge in [0.05, 0.1) is 30.1 Å². The first kappa shape index (κ1) is 35.4. The lowest BCUT2D eigenvalue weighted by molar-refractivity contribution is -0.137. The van der Waals surface area contributed by atoms with E-state index >= 15 is 0 Å². The average Bonchev–Trinajstić information content (AvgIpc) is 3.85. The summed E-state index contributed by atoms with van der Waals surface area (Å²) in [5, 5.41) is 9.41. The molecule has 1 aliphatic carbocycles. The standard InChI is InChI=1S/C39H41F4N7O2/c1-24-28-10-7-11-32(35(28)37(51)50(24)18-14-40)46-36-30(39(41,42)43)23-45-38(48-36)47-31-13-12-26(21-33(31)52-2)34-27(20-25-8-3-4-9-29(25)34)22-44-15-19-49-16-5-6-17-49/h3-4,7-13,20-21,23-24,34,44H,5-6,14-19,22H2,1-2H3,(H2,45,46,47,48). The van der Waals surface area contributed by atoms with Gasteiger partial charge in [0, 0.05) is 38.3 Å². The van der Waals surface area contributed by atoms with E-state index in [1.165, 1.54) is 47.6 Å². The summed E-state index contributed by atoms with van der Waals surface area (Å²) < 4.78 is 61.6. The van der Waals surface area contributed by atoms with E-state index in [1.54, 1.807) is 19.1 Å². The van der Waals surface area contributed by atoms with Crippen molar-refractivity contribution < 1.29 is 27.1 Å². The number of nitrogens with one attached hydrogen (secondary N) is 3. The van der Waals surface area contributed by atoms with Crippen LogP contribution < -0.4 is 20.7 Å². The van der Waals surface area contributed by atoms with Crippen molar-refractivity contribution in [1.82, 2.24) is 25.1 Å². The fourth-order valence-corrected chi connectivity index (χ4v) is 7.53. The molecule has 272 valence electrons. The molecule has 9 nitrogen and oxygen atoms in total. The van der Waals surface area contributed by atoms with Crippen molar-refractivity contribution in [2.45, 2.75) is 37.9 Å². The molecule has 3 aromatic carbocycles. The van der Waals surface area contributed by atoms with E-state index in [0.29, 0.717) is 23.2 Å². The Morgan fingerprint density at radius 1 is 0.962 bits per heavy atom. The Balaban J connectivity index is 1.14. The smallest absolute Gasteiger partial charge is 0.421 e. The molecule has 52 heavy (non-hydrogen) atoms. The summed E-state index contributed by atoms with van der Waals surface area (Å²) in [5.74, 6) is -0.644. The van der Waals surface area contributed by atoms with Crippen LogP contribution >= 0.6 is 0 Å². The Morgan fingerprint density at radius 2 is 1.75 bits per heavy atom. The number of methoxy groups -OCH3 is 1. The predicted molar refractivity (Wildman–Crippen MR) is 193 cm³/mol. The van der Waals surface area contributed by atoms with Gasteiger partial charge in [0.1, 0.15) is 23.8 Å². The van der Waals surface area contributed by atoms with Crippen LogP contribution in [0.15, 0.2) is 72.4 Å². The van der Waals surface area contributed by atoms with E-state index in [-0.39, 0.29) is 29.7 Å². The zero-order chi connectivity index (χ0) is 36.4. The lowest BCUT2D eigenvalue weighted by Gasteiger charge is -2.21. The number of carbonyl (C=O) groups is 1. The average molecular weight is 716 g/mol. The quantitative estimate of drug-likeness (QED) is 0.0959. The van der Waals surface area contributed by atoms with Crippen LogP contribution in [0, 0.1) is 0 Å². The molecule has 4 aromatic rings. The van der Waals surface area contributed by atoms with Crippen LogP contribution in [0.5, 0.6) is 5.75 Å². The van der Waals surface area contributed by atoms with Gasteiger partial charge in [0.25, 0.3) is 5.91 Å². The highest BCUT2D eigenvalue weighted by Crippen LogP contribution is 2.44. The third-order valence-corrected chi connectivity index (χ3v) is 10.1. The Hall–Kier alpha value is -5.01. The van der Waals surface area contributed by atoms with E-state index in [9.17, 15) is 22.4 Å². The number of hydrogen-bond donors (Lipinski definition) is 3. The summed E-state index contributed by atoms with van der Waals surface area (Å²) in [6, 6.07) is 18.4. The number of likely N-dealkylation sites (tertiary alicyclic amines) is 1. The molecule has 2 unspecified atom stereocenters. The normalized spacial score (nSPS) is 18.4. The number of anilines is 4. The first-order valence-electron chi connectivity index (χ1n) is 17.5. The molecule has 0 spiro atoms. The maximum absolute atomic E-state index is 14.2. The number of ether oxygens (including phenoxy) is 1. The lowest BCUT2D eigenvalue weighted by atomic mass is 9.88. The Bertz CT molecular complexity index is 1980. The largest absolute Gasteiger partial charge is 0.495 e. The maximum Gasteiger partial charge on any atom is 0.421 e. The number of rotatable bonds is 13. The molecule has 13 heteroatoms. The first-order valence-corrected chi connectivity index (χ1v) is 17.5. The number of nitrogens with zero attached hydrogens (tertiary/aromatic N) is 4. The molecule has 1 amide bonds. The molecule has 0 bridgehead atoms. The topological polar surface area (TPSA) is 94.7 Å². The van der Waals surface area contributed by atoms with E-state index in [0.717, 1.165) is 38.3 Å². The summed E-state index contributed by atoms with van der Waals surface area (Å²) in [4.78, 5) is 25.3. The van der Waals surface area contributed by atoms with Crippen molar-refractivity contribution in [3.8, 4) is 5.75 Å². The second-order valence-corrected chi connectivity index (χ2v) is 13.3. The van der Waals surface area contributed by atoms with Crippen molar-refractivity contribution in [2.75, 3.05) is 63.7 Å². The summed E-state index contributed by atoms with van der Waals surface area (Å²) in [6.45, 7) is 5.86. The van der Waals surface area contributed by atoms with E-state index < -0.39 is 36.2 Å². The van der Waals surface area contributed by atoms with Gasteiger partial charge in [-0.15, -0.1) is 0 Å². The van der Waals surface area contributed by atoms with Crippen molar-refractivity contribution in [1.29, 1.82) is 0 Å². The third-order valence-electron chi connectivity index (χ3n) is 10.1. The minimum atomic E-state index is -4.79. The van der Waals surface area contributed by atoms with Gasteiger partial charge in [0.15, 0.2) is 0 Å². The number of hydrogen-bond acceptors (Lipinski definition) is 8. The molecule has 3 aliphatic rings. The van der Waals surface area contributed by atoms with Gasteiger partial charge >= 0.3 is 6.18 Å². The van der Waals surface area contributed by atoms with E-state index in [2.05, 4.69) is 49.0 Å². The fraction of sp³-hybridized carbons (Fsp3) is 0.359. The number of carbonyl (C=O) groups excluding carboxylic acids is 1. The molecule has 7 rings (SSSR count). The molecular weight excluding hydrogens is 674 g/mol. The second-order valence-electron chi connectivity index (χ2n) is 13.3. The molecular formula is C39H41F4N7O2. The maximum atomic E-state index is 14.2. The van der Waals surface area contributed by atoms with Crippen LogP contribution in [0.1, 0.15) is 69.9 Å². The second kappa shape index (κ2) is 14.9. The molecule has 2 atom stereocenters. The SMILES string of the molecule is COc1cc(C2C(CNCCN3CCCC3)=Cc3ccccc32)ccc1Nc1ncc(C(F)(F)F)c(Nc2cccc3c2C(=O)N(CCF)C3C)n1. The molecule has 3 heterocycles. The van der Waals surface area contributed by atoms with Gasteiger partial charge < -0.3 is 30.5 Å². The number of benzene rings is 3. The highest BCUT2D eigenvalue weighted by atomic mass is 19.4. The van der Waals surface area contributed by atoms with Gasteiger partial charge in [-0.2, -0.15) is 18.2 Å². The molecule has 3 N–H and O–H groups in total. The fourth-order valence-electron chi connectivity index (χ4n) is 7.53. The first-order chi connectivity index (χ1) is 25.2. The van der Waals surface area contributed by atoms with Crippen LogP contribution in [0.2, 0.25) is 0 Å². The van der Waals surface area contributed by atoms with Crippen LogP contribution in [-0.4, -0.2) is 78.7 Å². The highest BCUT2D eigenvalue weighted by Gasteiger charge is 2.38. The molecule has 1 aromatic heterocycles. The van der Waals surface area contributed by atoms with Crippen LogP contribution in [-0.2, 0) is 6.18 Å². The minimum absolute atomic E-state index is 0.00424. The van der Waals surface area contributed by atoms with Crippen molar-refractivity contribution in [3.63, 3.8) is 0 Å². The minimum Gasteiger partial charge on any atom is -0.495 e. The number of alkyl halides is 4. The van der Waals surface area contributed by atoms with Crippen LogP contribution in [0.25, 0.3) is 6.08 Å². The lowest BCUT2D eigenvalue weighted by Crippen LogP contribution is -2.31. The van der Waals surface area contributed by atoms with E-state index in [1.807, 2.05) is 30.3 Å². The summed E-state index contributed by atoms with van der Waals surface area (Å²) in [5.41, 5.74) is 4.87. The highest BCUT2D eigenvalue weighted by molar-refractivity contribution is 6.04. The van der Waals surface area contributed by atoms with Gasteiger partial charge in [-0.25, -0.2) is 9.37 Å². The number of fused-ring (bicyclic) bond motifs is 2. The summed E-state index contributed by atoms with van der Waals surface area (Å²) in [7, 11) is 1.53. The zero-order valence-electron chi connectivity index (χ0n) is 29.1. The van der Waals surface area contributed by atoms with Gasteiger partial charge in [-0.1, -0.05) is 48.5 Å². The zero-order valence-corrected chi connectivity index (χ0v) is 29.1. The van der Waals surface area contributed by atoms with Crippen LogP contribution in [0.3, 0.4) is 0 Å². The summed E-state index contributed by atoms with van der Waals surface area (Å²) >= 11 is 0. The molecule has 0 radical (unpaired) electrons. The molecule has 0 saturated carbocycles. The van der Waals surface area contributed by atoms with Gasteiger partial charge in [-0.3, -0.25) is 4.79 Å². The molecule has 1 saturated heterocycles. The Kier molecular flexibility index (Phi) is 10.2. The third kappa shape index (κ3) is 7.07. The van der Waals surface area contributed by atoms with Gasteiger partial charge in [-0.05, 0) is 78.9 Å². The molecule has 1 fully saturated rings. The van der Waals surface area contributed by atoms with Crippen molar-refractivity contribution in [2.24, 2.45) is 0 Å². The molecule has 2 aliphatic heterocycles. The van der Waals surface area contributed by atoms with E-state index in [4.69, 9.17) is 4.74 Å². The van der Waals surface area contributed by atoms with Crippen LogP contribution in [0.4, 0.5) is 40.7 Å². The summed E-state index contributed by atoms with van der Waals surface area (Å²) in [6.07, 6.45) is 0.669. The monoisotopic (exact) mass is 715 g/mol. The Labute approximate surface area is 300 Å². The number of aromatic nitrogens is 2. The predicted octanol–water partition coefficient (Wildman–Crippen LogP) is 7.69. The number of amides is 1.